The van der Waals surface area contributed by atoms with Crippen LogP contribution in [0, 0.1) is 0 Å². The summed E-state index contributed by atoms with van der Waals surface area (Å²) in [7, 11) is 0. The topological polar surface area (TPSA) is 49.7 Å². The fourth-order valence-electron chi connectivity index (χ4n) is 1.07. The van der Waals surface area contributed by atoms with Gasteiger partial charge in [0.2, 0.25) is 0 Å². The molecule has 0 aliphatic heterocycles. The molecule has 0 aliphatic rings. The Labute approximate surface area is 80.7 Å². The predicted molar refractivity (Wildman–Crippen MR) is 52.1 cm³/mol. The van der Waals surface area contributed by atoms with Crippen molar-refractivity contribution in [2.24, 2.45) is 0 Å². The zero-order chi connectivity index (χ0) is 10.1. The monoisotopic (exact) mass is 190 g/mol. The highest BCUT2D eigenvalue weighted by atomic mass is 16.7. The van der Waals surface area contributed by atoms with E-state index in [1.54, 1.807) is 0 Å². The Morgan fingerprint density at radius 3 is 1.62 bits per heavy atom. The van der Waals surface area contributed by atoms with Crippen molar-refractivity contribution in [2.75, 3.05) is 0 Å². The van der Waals surface area contributed by atoms with Crippen LogP contribution in [0.2, 0.25) is 0 Å². The maximum Gasteiger partial charge on any atom is 0.157 e. The minimum atomic E-state index is -0.799. The number of ether oxygens (including phenoxy) is 1. The minimum absolute atomic E-state index is 0.611. The number of unbranched alkanes of at least 4 members (excludes halogenated alkanes) is 2. The van der Waals surface area contributed by atoms with Crippen molar-refractivity contribution in [2.45, 2.75) is 65.0 Å². The first-order chi connectivity index (χ1) is 6.20. The second-order valence-corrected chi connectivity index (χ2v) is 3.33. The first-order valence-corrected chi connectivity index (χ1v) is 5.22. The lowest BCUT2D eigenvalue weighted by Gasteiger charge is -2.16. The molecule has 0 rings (SSSR count). The molecule has 0 amide bonds. The van der Waals surface area contributed by atoms with E-state index in [1.165, 1.54) is 0 Å². The molecule has 2 unspecified atom stereocenters. The molecule has 0 aromatic heterocycles. The fraction of sp³-hybridized carbons (Fsp3) is 1.00. The third-order valence-electron chi connectivity index (χ3n) is 1.92. The van der Waals surface area contributed by atoms with Crippen LogP contribution in [0.3, 0.4) is 0 Å². The lowest BCUT2D eigenvalue weighted by molar-refractivity contribution is -0.212. The maximum atomic E-state index is 9.27. The largest absolute Gasteiger partial charge is 0.368 e. The Morgan fingerprint density at radius 1 is 0.923 bits per heavy atom. The molecule has 3 nitrogen and oxygen atoms in total. The summed E-state index contributed by atoms with van der Waals surface area (Å²) in [5, 5.41) is 18.5. The number of rotatable bonds is 8. The quantitative estimate of drug-likeness (QED) is 0.576. The Hall–Kier alpha value is -0.120. The van der Waals surface area contributed by atoms with Gasteiger partial charge >= 0.3 is 0 Å². The van der Waals surface area contributed by atoms with Crippen molar-refractivity contribution in [3.8, 4) is 0 Å². The predicted octanol–water partition coefficient (Wildman–Crippen LogP) is 2.02. The Bertz CT molecular complexity index is 94.3. The normalized spacial score (nSPS) is 15.7. The average molecular weight is 190 g/mol. The van der Waals surface area contributed by atoms with Gasteiger partial charge in [-0.1, -0.05) is 26.7 Å². The average Bonchev–Trinajstić information content (AvgIpc) is 2.11. The van der Waals surface area contributed by atoms with Crippen LogP contribution < -0.4 is 0 Å². The van der Waals surface area contributed by atoms with Crippen LogP contribution in [-0.2, 0) is 4.74 Å². The molecule has 0 aliphatic carbocycles. The highest BCUT2D eigenvalue weighted by Gasteiger charge is 2.09. The van der Waals surface area contributed by atoms with Crippen molar-refractivity contribution >= 4 is 0 Å². The molecule has 0 fully saturated rings. The summed E-state index contributed by atoms with van der Waals surface area (Å²) in [6, 6.07) is 0. The molecule has 0 spiro atoms. The molecule has 0 heterocycles. The van der Waals surface area contributed by atoms with Crippen LogP contribution in [0.1, 0.15) is 52.4 Å². The molecular weight excluding hydrogens is 168 g/mol. The van der Waals surface area contributed by atoms with Crippen molar-refractivity contribution < 1.29 is 14.9 Å². The molecule has 0 radical (unpaired) electrons. The number of hydrogen-bond acceptors (Lipinski definition) is 3. The fourth-order valence-corrected chi connectivity index (χ4v) is 1.07. The smallest absolute Gasteiger partial charge is 0.157 e. The minimum Gasteiger partial charge on any atom is -0.368 e. The van der Waals surface area contributed by atoms with Gasteiger partial charge in [-0.15, -0.1) is 0 Å². The molecule has 0 bridgehead atoms. The lowest BCUT2D eigenvalue weighted by atomic mass is 10.2. The van der Waals surface area contributed by atoms with Gasteiger partial charge in [0.05, 0.1) is 0 Å². The van der Waals surface area contributed by atoms with E-state index in [4.69, 9.17) is 4.74 Å². The van der Waals surface area contributed by atoms with Crippen LogP contribution in [0.25, 0.3) is 0 Å². The van der Waals surface area contributed by atoms with Crippen LogP contribution in [0.5, 0.6) is 0 Å². The Kier molecular flexibility index (Phi) is 8.40. The van der Waals surface area contributed by atoms with Crippen LogP contribution in [0.4, 0.5) is 0 Å². The highest BCUT2D eigenvalue weighted by molar-refractivity contribution is 4.47. The molecule has 0 aromatic rings. The van der Waals surface area contributed by atoms with E-state index in [9.17, 15) is 10.2 Å². The summed E-state index contributed by atoms with van der Waals surface area (Å²) in [6.07, 6.45) is 3.55. The van der Waals surface area contributed by atoms with E-state index in [-0.39, 0.29) is 0 Å². The van der Waals surface area contributed by atoms with E-state index in [0.717, 1.165) is 25.7 Å². The molecule has 2 atom stereocenters. The first kappa shape index (κ1) is 12.9. The van der Waals surface area contributed by atoms with Crippen molar-refractivity contribution in [1.82, 2.24) is 0 Å². The molecule has 0 saturated heterocycles. The third-order valence-corrected chi connectivity index (χ3v) is 1.92. The van der Waals surface area contributed by atoms with Gasteiger partial charge in [-0.3, -0.25) is 0 Å². The van der Waals surface area contributed by atoms with Gasteiger partial charge in [0, 0.05) is 0 Å². The lowest BCUT2D eigenvalue weighted by Crippen LogP contribution is -2.21. The van der Waals surface area contributed by atoms with Gasteiger partial charge in [0.25, 0.3) is 0 Å². The van der Waals surface area contributed by atoms with E-state index in [2.05, 4.69) is 13.8 Å². The van der Waals surface area contributed by atoms with Gasteiger partial charge in [-0.2, -0.15) is 0 Å². The Morgan fingerprint density at radius 2 is 1.31 bits per heavy atom. The molecule has 2 N–H and O–H groups in total. The number of aliphatic hydroxyl groups excluding tert-OH is 2. The van der Waals surface area contributed by atoms with Crippen LogP contribution in [-0.4, -0.2) is 22.8 Å². The third kappa shape index (κ3) is 8.22. The second-order valence-electron chi connectivity index (χ2n) is 3.33. The van der Waals surface area contributed by atoms with E-state index < -0.39 is 12.6 Å². The van der Waals surface area contributed by atoms with Crippen LogP contribution >= 0.6 is 0 Å². The zero-order valence-corrected chi connectivity index (χ0v) is 8.70. The summed E-state index contributed by atoms with van der Waals surface area (Å²) in [6.45, 7) is 4.11. The maximum absolute atomic E-state index is 9.27. The number of aliphatic hydroxyl groups is 2. The number of hydrogen-bond donors (Lipinski definition) is 2. The molecular formula is C10H22O3. The van der Waals surface area contributed by atoms with Gasteiger partial charge in [-0.05, 0) is 25.7 Å². The van der Waals surface area contributed by atoms with Crippen molar-refractivity contribution in [3.05, 3.63) is 0 Å². The molecule has 80 valence electrons. The summed E-state index contributed by atoms with van der Waals surface area (Å²) >= 11 is 0. The van der Waals surface area contributed by atoms with E-state index in [1.807, 2.05) is 0 Å². The van der Waals surface area contributed by atoms with E-state index in [0.29, 0.717) is 12.8 Å². The first-order valence-electron chi connectivity index (χ1n) is 5.22. The van der Waals surface area contributed by atoms with Gasteiger partial charge < -0.3 is 14.9 Å². The molecule has 0 aromatic carbocycles. The van der Waals surface area contributed by atoms with Crippen molar-refractivity contribution in [3.63, 3.8) is 0 Å². The molecule has 3 heteroatoms. The van der Waals surface area contributed by atoms with Crippen molar-refractivity contribution in [1.29, 1.82) is 0 Å². The zero-order valence-electron chi connectivity index (χ0n) is 8.70. The summed E-state index contributed by atoms with van der Waals surface area (Å²) < 4.78 is 4.97. The summed E-state index contributed by atoms with van der Waals surface area (Å²) in [5.74, 6) is 0. The molecule has 0 saturated carbocycles. The highest BCUT2D eigenvalue weighted by Crippen LogP contribution is 2.08. The standard InChI is InChI=1S/C10H22O3/c1-3-5-7-9(11)13-10(12)8-6-4-2/h9-12H,3-8H2,1-2H3. The SMILES string of the molecule is CCCCC(O)OC(O)CCCC. The van der Waals surface area contributed by atoms with Crippen LogP contribution in [0.15, 0.2) is 0 Å². The van der Waals surface area contributed by atoms with Gasteiger partial charge in [0.15, 0.2) is 12.6 Å². The summed E-state index contributed by atoms with van der Waals surface area (Å²) in [5.41, 5.74) is 0. The molecule has 13 heavy (non-hydrogen) atoms. The van der Waals surface area contributed by atoms with Gasteiger partial charge in [-0.25, -0.2) is 0 Å². The summed E-state index contributed by atoms with van der Waals surface area (Å²) in [4.78, 5) is 0. The second kappa shape index (κ2) is 8.48. The van der Waals surface area contributed by atoms with Gasteiger partial charge in [0.1, 0.15) is 0 Å². The van der Waals surface area contributed by atoms with E-state index >= 15 is 0 Å². The Balaban J connectivity index is 3.35.